The third-order valence-corrected chi connectivity index (χ3v) is 5.28. The van der Waals surface area contributed by atoms with Crippen molar-refractivity contribution < 1.29 is 18.1 Å². The highest BCUT2D eigenvalue weighted by molar-refractivity contribution is 7.89. The standard InChI is InChI=1S/C14H21N5O5S/c20-14(17-10-11-5-6-15-9-11)16-7-8-18-25(23,24)13-4-2-1-3-12(13)19(21)22/h1-4,11,15,18H,5-10H2,(H2,16,17,20). The molecule has 1 aromatic rings. The van der Waals surface area contributed by atoms with E-state index in [4.69, 9.17) is 0 Å². The van der Waals surface area contributed by atoms with Crippen LogP contribution in [0.4, 0.5) is 10.5 Å². The topological polar surface area (TPSA) is 142 Å². The summed E-state index contributed by atoms with van der Waals surface area (Å²) in [4.78, 5) is 21.4. The van der Waals surface area contributed by atoms with Crippen LogP contribution in [0.15, 0.2) is 29.2 Å². The Morgan fingerprint density at radius 3 is 2.72 bits per heavy atom. The Bertz CT molecular complexity index is 718. The first kappa shape index (κ1) is 19.1. The van der Waals surface area contributed by atoms with E-state index in [1.165, 1.54) is 12.1 Å². The monoisotopic (exact) mass is 371 g/mol. The van der Waals surface area contributed by atoms with Crippen molar-refractivity contribution in [1.29, 1.82) is 0 Å². The van der Waals surface area contributed by atoms with Gasteiger partial charge in [-0.3, -0.25) is 10.1 Å². The number of para-hydroxylation sites is 1. The summed E-state index contributed by atoms with van der Waals surface area (Å²) in [5, 5.41) is 19.4. The lowest BCUT2D eigenvalue weighted by Crippen LogP contribution is -2.42. The van der Waals surface area contributed by atoms with Crippen LogP contribution in [0.2, 0.25) is 0 Å². The number of carbonyl (C=O) groups is 1. The van der Waals surface area contributed by atoms with Gasteiger partial charge in [0.15, 0.2) is 4.90 Å². The van der Waals surface area contributed by atoms with Crippen molar-refractivity contribution in [2.45, 2.75) is 11.3 Å². The lowest BCUT2D eigenvalue weighted by atomic mass is 10.1. The van der Waals surface area contributed by atoms with Crippen LogP contribution in [-0.2, 0) is 10.0 Å². The predicted molar refractivity (Wildman–Crippen MR) is 90.7 cm³/mol. The van der Waals surface area contributed by atoms with E-state index >= 15 is 0 Å². The van der Waals surface area contributed by atoms with E-state index < -0.39 is 25.5 Å². The first-order valence-corrected chi connectivity index (χ1v) is 9.34. The number of urea groups is 1. The Morgan fingerprint density at radius 2 is 2.04 bits per heavy atom. The maximum Gasteiger partial charge on any atom is 0.314 e. The van der Waals surface area contributed by atoms with Crippen LogP contribution < -0.4 is 20.7 Å². The van der Waals surface area contributed by atoms with E-state index in [0.29, 0.717) is 12.5 Å². The molecule has 1 aromatic carbocycles. The third-order valence-electron chi connectivity index (χ3n) is 3.77. The summed E-state index contributed by atoms with van der Waals surface area (Å²) in [6, 6.07) is 4.71. The number of nitrogens with one attached hydrogen (secondary N) is 4. The average molecular weight is 371 g/mol. The number of hydrogen-bond donors (Lipinski definition) is 4. The molecule has 25 heavy (non-hydrogen) atoms. The number of hydrogen-bond acceptors (Lipinski definition) is 6. The van der Waals surface area contributed by atoms with Gasteiger partial charge in [-0.25, -0.2) is 17.9 Å². The van der Waals surface area contributed by atoms with Crippen LogP contribution in [0.25, 0.3) is 0 Å². The summed E-state index contributed by atoms with van der Waals surface area (Å²) < 4.78 is 26.5. The van der Waals surface area contributed by atoms with Gasteiger partial charge in [-0.05, 0) is 31.5 Å². The molecule has 0 radical (unpaired) electrons. The largest absolute Gasteiger partial charge is 0.338 e. The van der Waals surface area contributed by atoms with E-state index in [2.05, 4.69) is 20.7 Å². The van der Waals surface area contributed by atoms with Gasteiger partial charge in [0.2, 0.25) is 10.0 Å². The molecule has 0 bridgehead atoms. The highest BCUT2D eigenvalue weighted by Crippen LogP contribution is 2.22. The van der Waals surface area contributed by atoms with Crippen LogP contribution in [0.1, 0.15) is 6.42 Å². The highest BCUT2D eigenvalue weighted by Gasteiger charge is 2.24. The summed E-state index contributed by atoms with van der Waals surface area (Å²) in [7, 11) is -4.03. The Morgan fingerprint density at radius 1 is 1.28 bits per heavy atom. The molecular weight excluding hydrogens is 350 g/mol. The molecule has 2 amide bonds. The SMILES string of the molecule is O=C(NCCNS(=O)(=O)c1ccccc1[N+](=O)[O-])NCC1CCNC1. The van der Waals surface area contributed by atoms with Crippen LogP contribution in [0, 0.1) is 16.0 Å². The number of rotatable bonds is 8. The number of carbonyl (C=O) groups excluding carboxylic acids is 1. The number of amides is 2. The van der Waals surface area contributed by atoms with E-state index in [1.54, 1.807) is 0 Å². The van der Waals surface area contributed by atoms with Gasteiger partial charge < -0.3 is 16.0 Å². The average Bonchev–Trinajstić information content (AvgIpc) is 3.10. The van der Waals surface area contributed by atoms with E-state index in [1.807, 2.05) is 0 Å². The number of nitro groups is 1. The van der Waals surface area contributed by atoms with Gasteiger partial charge >= 0.3 is 6.03 Å². The molecule has 1 saturated heterocycles. The number of benzene rings is 1. The number of nitrogens with zero attached hydrogens (tertiary/aromatic N) is 1. The zero-order valence-corrected chi connectivity index (χ0v) is 14.3. The smallest absolute Gasteiger partial charge is 0.314 e. The Hall–Kier alpha value is -2.24. The van der Waals surface area contributed by atoms with E-state index in [0.717, 1.165) is 31.6 Å². The van der Waals surface area contributed by atoms with Gasteiger partial charge in [0.1, 0.15) is 0 Å². The summed E-state index contributed by atoms with van der Waals surface area (Å²) in [6.45, 7) is 2.36. The first-order valence-electron chi connectivity index (χ1n) is 7.85. The van der Waals surface area contributed by atoms with E-state index in [9.17, 15) is 23.3 Å². The van der Waals surface area contributed by atoms with Gasteiger partial charge in [0, 0.05) is 25.7 Å². The van der Waals surface area contributed by atoms with Gasteiger partial charge in [-0.1, -0.05) is 12.1 Å². The fraction of sp³-hybridized carbons (Fsp3) is 0.500. The second kappa shape index (κ2) is 8.74. The molecule has 0 aromatic heterocycles. The maximum atomic E-state index is 12.2. The van der Waals surface area contributed by atoms with Crippen LogP contribution in [0.3, 0.4) is 0 Å². The van der Waals surface area contributed by atoms with Crippen molar-refractivity contribution >= 4 is 21.7 Å². The van der Waals surface area contributed by atoms with Crippen LogP contribution in [-0.4, -0.2) is 52.1 Å². The van der Waals surface area contributed by atoms with Crippen molar-refractivity contribution in [3.05, 3.63) is 34.4 Å². The number of nitro benzene ring substituents is 1. The van der Waals surface area contributed by atoms with Gasteiger partial charge in [-0.15, -0.1) is 0 Å². The van der Waals surface area contributed by atoms with Gasteiger partial charge in [0.05, 0.1) is 4.92 Å². The lowest BCUT2D eigenvalue weighted by Gasteiger charge is -2.11. The van der Waals surface area contributed by atoms with Crippen molar-refractivity contribution in [3.63, 3.8) is 0 Å². The van der Waals surface area contributed by atoms with Gasteiger partial charge in [0.25, 0.3) is 5.69 Å². The summed E-state index contributed by atoms with van der Waals surface area (Å²) >= 11 is 0. The third kappa shape index (κ3) is 5.66. The van der Waals surface area contributed by atoms with Crippen molar-refractivity contribution in [2.75, 3.05) is 32.7 Å². The minimum Gasteiger partial charge on any atom is -0.338 e. The summed E-state index contributed by atoms with van der Waals surface area (Å²) in [5.74, 6) is 0.405. The van der Waals surface area contributed by atoms with Crippen molar-refractivity contribution in [2.24, 2.45) is 5.92 Å². The fourth-order valence-electron chi connectivity index (χ4n) is 2.46. The molecule has 0 aliphatic carbocycles. The first-order chi connectivity index (χ1) is 11.9. The molecule has 2 rings (SSSR count). The zero-order valence-electron chi connectivity index (χ0n) is 13.5. The molecule has 1 aliphatic rings. The Labute approximate surface area is 145 Å². The molecule has 1 heterocycles. The molecule has 10 nitrogen and oxygen atoms in total. The fourth-order valence-corrected chi connectivity index (χ4v) is 3.66. The van der Waals surface area contributed by atoms with Crippen molar-refractivity contribution in [3.8, 4) is 0 Å². The van der Waals surface area contributed by atoms with E-state index in [-0.39, 0.29) is 19.1 Å². The molecule has 138 valence electrons. The summed E-state index contributed by atoms with van der Waals surface area (Å²) in [6.07, 6.45) is 1.01. The van der Waals surface area contributed by atoms with Crippen LogP contribution >= 0.6 is 0 Å². The summed E-state index contributed by atoms with van der Waals surface area (Å²) in [5.41, 5.74) is -0.495. The van der Waals surface area contributed by atoms with Gasteiger partial charge in [-0.2, -0.15) is 0 Å². The van der Waals surface area contributed by atoms with Crippen LogP contribution in [0.5, 0.6) is 0 Å². The number of sulfonamides is 1. The molecule has 1 fully saturated rings. The Balaban J connectivity index is 1.76. The van der Waals surface area contributed by atoms with Crippen molar-refractivity contribution in [1.82, 2.24) is 20.7 Å². The molecular formula is C14H21N5O5S. The molecule has 11 heteroatoms. The molecule has 0 saturated carbocycles. The predicted octanol–water partition coefficient (Wildman–Crippen LogP) is -0.218. The Kier molecular flexibility index (Phi) is 6.67. The highest BCUT2D eigenvalue weighted by atomic mass is 32.2. The minimum atomic E-state index is -4.03. The molecule has 0 spiro atoms. The molecule has 1 aliphatic heterocycles. The molecule has 4 N–H and O–H groups in total. The maximum absolute atomic E-state index is 12.2. The molecule has 1 atom stereocenters. The molecule has 1 unspecified atom stereocenters. The second-order valence-electron chi connectivity index (χ2n) is 5.62. The lowest BCUT2D eigenvalue weighted by molar-refractivity contribution is -0.387. The zero-order chi connectivity index (χ0) is 18.3. The minimum absolute atomic E-state index is 0.0641. The quantitative estimate of drug-likeness (QED) is 0.283. The second-order valence-corrected chi connectivity index (χ2v) is 7.35. The normalized spacial score (nSPS) is 17.2.